The molecule has 2 saturated heterocycles. The predicted molar refractivity (Wildman–Crippen MR) is 234 cm³/mol. The Bertz CT molecular complexity index is 2930. The second-order valence-corrected chi connectivity index (χ2v) is 23.1. The van der Waals surface area contributed by atoms with Crippen molar-refractivity contribution in [2.75, 3.05) is 50.9 Å². The number of hydrogen-bond acceptors (Lipinski definition) is 30. The summed E-state index contributed by atoms with van der Waals surface area (Å²) in [5, 5.41) is 26.2. The van der Waals surface area contributed by atoms with Gasteiger partial charge in [-0.25, -0.2) is 66.9 Å². The lowest BCUT2D eigenvalue weighted by Crippen LogP contribution is -2.42. The van der Waals surface area contributed by atoms with Crippen LogP contribution in [-0.4, -0.2) is 177 Å². The van der Waals surface area contributed by atoms with Crippen molar-refractivity contribution in [2.24, 2.45) is 11.5 Å². The lowest BCUT2D eigenvalue weighted by atomic mass is 10.1. The van der Waals surface area contributed by atoms with Crippen molar-refractivity contribution in [2.45, 2.75) is 49.1 Å². The monoisotopic (exact) mass is 1190 g/mol. The minimum absolute atomic E-state index is 0.000490. The summed E-state index contributed by atoms with van der Waals surface area (Å²) in [6, 6.07) is 0. The van der Waals surface area contributed by atoms with Gasteiger partial charge in [0.25, 0.3) is 0 Å². The van der Waals surface area contributed by atoms with E-state index in [9.17, 15) is 66.8 Å². The Morgan fingerprint density at radius 1 is 0.568 bits per heavy atom. The molecule has 0 aliphatic carbocycles. The lowest BCUT2D eigenvalue weighted by Gasteiger charge is -2.22. The highest BCUT2D eigenvalue weighted by Gasteiger charge is 2.51. The van der Waals surface area contributed by atoms with Crippen molar-refractivity contribution in [3.63, 3.8) is 0 Å². The molecule has 0 saturated carbocycles. The smallest absolute Gasteiger partial charge is 0.440 e. The molecule has 42 nitrogen and oxygen atoms in total. The number of anilines is 2. The number of carbonyl (C=O) groups excluding carboxylic acids is 2. The van der Waals surface area contributed by atoms with Crippen LogP contribution in [0.5, 0.6) is 0 Å². The number of nitrogens with one attached hydrogen (secondary N) is 2. The van der Waals surface area contributed by atoms with Crippen LogP contribution in [0.25, 0.3) is 22.3 Å². The van der Waals surface area contributed by atoms with Crippen molar-refractivity contribution in [3.8, 4) is 0 Å². The standard InChI is InChI=1S/2C13H22N7O14P3/c14-1-2-16-13(22)32-9-6(3-30-36(26,27)34-37(28,29)33-35(23,24)25)31-12(8(9)21)20-5-19-7-10(15)17-4-18-11(7)20;14-1-2-16-13(22)32-9-8(21)6(3-30-36(26,27)34-37(28,29)33-35(23,24)25)31-12(9)20-5-19-7-10(15)17-4-18-11(7)20/h2*4-6,8-9,12,21H,1-3,14H2,(H,16,22)(H,26,27)(H,28,29)(H2,15,17,18)(H2,23,24,25). The first kappa shape index (κ1) is 60.7. The molecular weight excluding hydrogens is 1140 g/mol. The molecule has 0 spiro atoms. The van der Waals surface area contributed by atoms with Gasteiger partial charge in [0.1, 0.15) is 48.1 Å². The fourth-order valence-corrected chi connectivity index (χ4v) is 12.2. The van der Waals surface area contributed by atoms with Crippen molar-refractivity contribution < 1.29 is 132 Å². The SMILES string of the molecule is NCCNC(=O)OC1C(COP(=O)(O)OP(=O)(O)OP(=O)(O)O)OC(n2cnc3c(N)ncnc32)C1O.NCCNC(=O)OC1C(O)C(COP(=O)(O)OP(=O)(O)OP(=O)(O)O)OC1n1cnc2c(N)ncnc21. The number of carbonyl (C=O) groups is 2. The van der Waals surface area contributed by atoms with E-state index in [1.54, 1.807) is 0 Å². The molecule has 74 heavy (non-hydrogen) atoms. The molecule has 0 radical (unpaired) electrons. The summed E-state index contributed by atoms with van der Waals surface area (Å²) in [6.07, 6.45) is -9.74. The molecule has 6 rings (SSSR count). The average Bonchev–Trinajstić information content (AvgIpc) is 4.03. The summed E-state index contributed by atoms with van der Waals surface area (Å²) in [6.45, 7) is -1.88. The first-order chi connectivity index (χ1) is 34.2. The van der Waals surface area contributed by atoms with Crippen LogP contribution in [-0.2, 0) is 72.6 Å². The van der Waals surface area contributed by atoms with Crippen molar-refractivity contribution in [1.29, 1.82) is 0 Å². The molecule has 12 unspecified atom stereocenters. The lowest BCUT2D eigenvalue weighted by molar-refractivity contribution is -0.0522. The zero-order chi connectivity index (χ0) is 55.2. The number of nitrogens with two attached hydrogens (primary N) is 4. The van der Waals surface area contributed by atoms with Crippen molar-refractivity contribution in [1.82, 2.24) is 49.7 Å². The first-order valence-corrected chi connectivity index (χ1v) is 28.7. The molecule has 48 heteroatoms. The molecule has 12 atom stereocenters. The summed E-state index contributed by atoms with van der Waals surface area (Å²) in [7, 11) is -33.8. The number of alkyl carbamates (subject to hydrolysis) is 2. The number of phosphoric acid groups is 6. The average molecular weight is 1190 g/mol. The Morgan fingerprint density at radius 2 is 0.973 bits per heavy atom. The molecule has 2 amide bonds. The van der Waals surface area contributed by atoms with E-state index in [1.165, 1.54) is 21.8 Å². The van der Waals surface area contributed by atoms with E-state index in [0.29, 0.717) is 0 Å². The molecule has 2 aliphatic heterocycles. The maximum atomic E-state index is 12.1. The quantitative estimate of drug-likeness (QED) is 0.0335. The van der Waals surface area contributed by atoms with Gasteiger partial charge in [0, 0.05) is 26.2 Å². The van der Waals surface area contributed by atoms with Crippen LogP contribution < -0.4 is 33.6 Å². The van der Waals surface area contributed by atoms with E-state index in [0.717, 1.165) is 12.7 Å². The maximum Gasteiger partial charge on any atom is 0.490 e. The normalized spacial score (nSPS) is 25.5. The van der Waals surface area contributed by atoms with E-state index in [-0.39, 0.29) is 60.1 Å². The summed E-state index contributed by atoms with van der Waals surface area (Å²) in [5.74, 6) is 0.0130. The van der Waals surface area contributed by atoms with Crippen LogP contribution in [0, 0.1) is 0 Å². The molecule has 20 N–H and O–H groups in total. The predicted octanol–water partition coefficient (Wildman–Crippen LogP) is -3.87. The Kier molecular flexibility index (Phi) is 20.0. The zero-order valence-corrected chi connectivity index (χ0v) is 41.9. The van der Waals surface area contributed by atoms with Gasteiger partial charge in [-0.05, 0) is 0 Å². The Labute approximate surface area is 410 Å². The van der Waals surface area contributed by atoms with Crippen LogP contribution in [0.2, 0.25) is 0 Å². The molecule has 4 aromatic heterocycles. The minimum atomic E-state index is -5.78. The number of amides is 2. The largest absolute Gasteiger partial charge is 0.490 e. The Balaban J connectivity index is 0.000000274. The van der Waals surface area contributed by atoms with Gasteiger partial charge >= 0.3 is 59.1 Å². The van der Waals surface area contributed by atoms with Gasteiger partial charge in [-0.15, -0.1) is 0 Å². The van der Waals surface area contributed by atoms with E-state index in [1.807, 2.05) is 0 Å². The van der Waals surface area contributed by atoms with E-state index in [2.05, 4.69) is 66.8 Å². The Morgan fingerprint density at radius 3 is 1.41 bits per heavy atom. The molecule has 6 heterocycles. The van der Waals surface area contributed by atoms with Gasteiger partial charge in [-0.3, -0.25) is 18.2 Å². The number of rotatable bonds is 22. The van der Waals surface area contributed by atoms with Gasteiger partial charge in [-0.2, -0.15) is 17.2 Å². The van der Waals surface area contributed by atoms with E-state index < -0.39 is 121 Å². The second-order valence-electron chi connectivity index (χ2n) is 14.2. The van der Waals surface area contributed by atoms with E-state index >= 15 is 0 Å². The molecule has 0 bridgehead atoms. The van der Waals surface area contributed by atoms with Gasteiger partial charge in [0.05, 0.1) is 25.9 Å². The number of ether oxygens (including phenoxy) is 4. The van der Waals surface area contributed by atoms with Gasteiger partial charge < -0.3 is 102 Å². The molecule has 2 fully saturated rings. The topological polar surface area (TPSA) is 646 Å². The maximum absolute atomic E-state index is 12.1. The third kappa shape index (κ3) is 16.9. The van der Waals surface area contributed by atoms with Gasteiger partial charge in [-0.1, -0.05) is 0 Å². The number of fused-ring (bicyclic) bond motifs is 2. The molecule has 4 aromatic rings. The number of hydrogen-bond donors (Lipinski definition) is 16. The van der Waals surface area contributed by atoms with Crippen LogP contribution in [0.4, 0.5) is 21.2 Å². The van der Waals surface area contributed by atoms with E-state index in [4.69, 9.17) is 61.5 Å². The Hall–Kier alpha value is -4.18. The van der Waals surface area contributed by atoms with Crippen molar-refractivity contribution in [3.05, 3.63) is 25.3 Å². The number of nitrogens with zero attached hydrogens (tertiary/aromatic N) is 8. The third-order valence-corrected chi connectivity index (χ3v) is 16.5. The molecular formula is C26H44N14O28P6. The number of aliphatic hydroxyl groups excluding tert-OH is 2. The second kappa shape index (κ2) is 24.4. The first-order valence-electron chi connectivity index (χ1n) is 19.6. The highest BCUT2D eigenvalue weighted by molar-refractivity contribution is 7.67. The number of nitrogen functional groups attached to an aromatic ring is 2. The van der Waals surface area contributed by atoms with Crippen LogP contribution in [0.3, 0.4) is 0 Å². The molecule has 2 aliphatic rings. The third-order valence-electron chi connectivity index (χ3n) is 8.89. The summed E-state index contributed by atoms with van der Waals surface area (Å²) >= 11 is 0. The molecule has 416 valence electrons. The zero-order valence-electron chi connectivity index (χ0n) is 36.6. The number of aliphatic hydroxyl groups is 2. The van der Waals surface area contributed by atoms with Crippen molar-refractivity contribution >= 4 is 93.1 Å². The van der Waals surface area contributed by atoms with Gasteiger partial charge in [0.15, 0.2) is 47.6 Å². The number of imidazole rings is 2. The van der Waals surface area contributed by atoms with Gasteiger partial charge in [0.2, 0.25) is 0 Å². The fourth-order valence-electron chi connectivity index (χ4n) is 6.17. The molecule has 0 aromatic carbocycles. The fraction of sp³-hybridized carbons (Fsp3) is 0.538. The summed E-state index contributed by atoms with van der Waals surface area (Å²) in [4.78, 5) is 120. The number of aromatic nitrogens is 8. The summed E-state index contributed by atoms with van der Waals surface area (Å²) < 4.78 is 116. The summed E-state index contributed by atoms with van der Waals surface area (Å²) in [5.41, 5.74) is 22.6. The van der Waals surface area contributed by atoms with Crippen LogP contribution in [0.1, 0.15) is 12.5 Å². The highest BCUT2D eigenvalue weighted by Crippen LogP contribution is 2.67. The van der Waals surface area contributed by atoms with Crippen LogP contribution >= 0.6 is 46.9 Å². The van der Waals surface area contributed by atoms with Crippen LogP contribution in [0.15, 0.2) is 25.3 Å². The minimum Gasteiger partial charge on any atom is -0.440 e. The highest BCUT2D eigenvalue weighted by atomic mass is 31.3. The number of phosphoric ester groups is 2.